The Morgan fingerprint density at radius 3 is 2.44 bits per heavy atom. The topological polar surface area (TPSA) is 67.6 Å². The van der Waals surface area contributed by atoms with Crippen molar-refractivity contribution < 1.29 is 9.90 Å². The molecule has 1 saturated heterocycles. The molecule has 0 unspecified atom stereocenters. The minimum atomic E-state index is -0.863. The summed E-state index contributed by atoms with van der Waals surface area (Å²) in [6.45, 7) is 2.80. The van der Waals surface area contributed by atoms with Gasteiger partial charge in [-0.15, -0.1) is 0 Å². The van der Waals surface area contributed by atoms with E-state index in [1.807, 2.05) is 30.3 Å². The lowest BCUT2D eigenvalue weighted by Crippen LogP contribution is -2.55. The Kier molecular flexibility index (Phi) is 5.32. The van der Waals surface area contributed by atoms with Crippen LogP contribution in [-0.2, 0) is 13.0 Å². The van der Waals surface area contributed by atoms with Crippen LogP contribution in [0.3, 0.4) is 0 Å². The average molecular weight is 335 g/mol. The Morgan fingerprint density at radius 2 is 1.80 bits per heavy atom. The molecule has 0 radical (unpaired) electrons. The van der Waals surface area contributed by atoms with Crippen LogP contribution in [-0.4, -0.2) is 46.7 Å². The second-order valence-corrected chi connectivity index (χ2v) is 6.36. The molecular weight excluding hydrogens is 314 g/mol. The molecule has 1 atom stereocenters. The zero-order valence-corrected chi connectivity index (χ0v) is 14.0. The van der Waals surface area contributed by atoms with Crippen LogP contribution in [0.1, 0.15) is 16.7 Å². The Labute approximate surface area is 147 Å². The maximum absolute atomic E-state index is 11.6. The van der Waals surface area contributed by atoms with Crippen LogP contribution in [0.2, 0.25) is 0 Å². The molecule has 0 aromatic heterocycles. The van der Waals surface area contributed by atoms with Gasteiger partial charge in [-0.3, -0.25) is 4.90 Å². The van der Waals surface area contributed by atoms with Crippen LogP contribution < -0.4 is 0 Å². The molecule has 128 valence electrons. The van der Waals surface area contributed by atoms with Gasteiger partial charge in [0.15, 0.2) is 0 Å². The number of rotatable bonds is 4. The van der Waals surface area contributed by atoms with Gasteiger partial charge >= 0.3 is 6.09 Å². The third kappa shape index (κ3) is 4.37. The van der Waals surface area contributed by atoms with Crippen molar-refractivity contribution in [3.63, 3.8) is 0 Å². The second kappa shape index (κ2) is 7.82. The van der Waals surface area contributed by atoms with Gasteiger partial charge in [0.2, 0.25) is 0 Å². The summed E-state index contributed by atoms with van der Waals surface area (Å²) >= 11 is 0. The molecule has 2 aromatic rings. The number of amides is 1. The molecule has 1 amide bonds. The van der Waals surface area contributed by atoms with Crippen molar-refractivity contribution in [3.05, 3.63) is 71.3 Å². The number of nitriles is 1. The first-order valence-electron chi connectivity index (χ1n) is 8.40. The SMILES string of the molecule is N#Cc1ccc(C[C@@H]2CN(Cc3ccccc3)CCN2C(=O)O)cc1. The molecule has 5 heteroatoms. The second-order valence-electron chi connectivity index (χ2n) is 6.36. The third-order valence-electron chi connectivity index (χ3n) is 4.62. The van der Waals surface area contributed by atoms with Crippen LogP contribution in [0.5, 0.6) is 0 Å². The zero-order chi connectivity index (χ0) is 17.6. The lowest BCUT2D eigenvalue weighted by atomic mass is 10.0. The van der Waals surface area contributed by atoms with E-state index in [0.717, 1.165) is 18.7 Å². The normalized spacial score (nSPS) is 17.9. The van der Waals surface area contributed by atoms with E-state index < -0.39 is 6.09 Å². The summed E-state index contributed by atoms with van der Waals surface area (Å²) < 4.78 is 0. The summed E-state index contributed by atoms with van der Waals surface area (Å²) in [7, 11) is 0. The fourth-order valence-corrected chi connectivity index (χ4v) is 3.32. The van der Waals surface area contributed by atoms with E-state index in [-0.39, 0.29) is 6.04 Å². The van der Waals surface area contributed by atoms with Gasteiger partial charge in [-0.1, -0.05) is 42.5 Å². The van der Waals surface area contributed by atoms with Gasteiger partial charge in [-0.2, -0.15) is 5.26 Å². The molecule has 3 rings (SSSR count). The minimum absolute atomic E-state index is 0.0807. The molecule has 0 bridgehead atoms. The van der Waals surface area contributed by atoms with E-state index in [2.05, 4.69) is 23.1 Å². The Balaban J connectivity index is 1.70. The predicted molar refractivity (Wildman–Crippen MR) is 95.1 cm³/mol. The van der Waals surface area contributed by atoms with E-state index in [1.165, 1.54) is 5.56 Å². The fourth-order valence-electron chi connectivity index (χ4n) is 3.32. The lowest BCUT2D eigenvalue weighted by molar-refractivity contribution is 0.0645. The summed E-state index contributed by atoms with van der Waals surface area (Å²) in [6, 6.07) is 19.7. The predicted octanol–water partition coefficient (Wildman–Crippen LogP) is 2.97. The molecule has 1 N–H and O–H groups in total. The average Bonchev–Trinajstić information content (AvgIpc) is 2.63. The molecule has 25 heavy (non-hydrogen) atoms. The van der Waals surface area contributed by atoms with E-state index in [0.29, 0.717) is 25.1 Å². The summed E-state index contributed by atoms with van der Waals surface area (Å²) in [6.07, 6.45) is -0.207. The van der Waals surface area contributed by atoms with E-state index in [4.69, 9.17) is 5.26 Å². The zero-order valence-electron chi connectivity index (χ0n) is 14.0. The van der Waals surface area contributed by atoms with Gasteiger partial charge in [0, 0.05) is 26.2 Å². The summed E-state index contributed by atoms with van der Waals surface area (Å²) in [5.74, 6) is 0. The first kappa shape index (κ1) is 17.0. The Hall–Kier alpha value is -2.84. The fraction of sp³-hybridized carbons (Fsp3) is 0.300. The molecular formula is C20H21N3O2. The minimum Gasteiger partial charge on any atom is -0.465 e. The summed E-state index contributed by atoms with van der Waals surface area (Å²) in [5.41, 5.74) is 2.91. The van der Waals surface area contributed by atoms with Crippen molar-refractivity contribution in [2.24, 2.45) is 0 Å². The Morgan fingerprint density at radius 1 is 1.08 bits per heavy atom. The lowest BCUT2D eigenvalue weighted by Gasteiger charge is -2.40. The number of benzene rings is 2. The standard InChI is InChI=1S/C20H21N3O2/c21-13-17-8-6-16(7-9-17)12-19-15-22(10-11-23(19)20(24)25)14-18-4-2-1-3-5-18/h1-9,19H,10-12,14-15H2,(H,24,25)/t19-/m1/s1. The van der Waals surface area contributed by atoms with Gasteiger partial charge < -0.3 is 10.0 Å². The highest BCUT2D eigenvalue weighted by atomic mass is 16.4. The van der Waals surface area contributed by atoms with Crippen LogP contribution in [0, 0.1) is 11.3 Å². The third-order valence-corrected chi connectivity index (χ3v) is 4.62. The number of carboxylic acid groups (broad SMARTS) is 1. The molecule has 5 nitrogen and oxygen atoms in total. The number of hydrogen-bond donors (Lipinski definition) is 1. The van der Waals surface area contributed by atoms with E-state index >= 15 is 0 Å². The van der Waals surface area contributed by atoms with Crippen LogP contribution in [0.15, 0.2) is 54.6 Å². The molecule has 1 fully saturated rings. The maximum Gasteiger partial charge on any atom is 0.407 e. The van der Waals surface area contributed by atoms with Gasteiger partial charge in [-0.05, 0) is 29.7 Å². The smallest absolute Gasteiger partial charge is 0.407 e. The van der Waals surface area contributed by atoms with Crippen LogP contribution >= 0.6 is 0 Å². The molecule has 0 aliphatic carbocycles. The van der Waals surface area contributed by atoms with E-state index in [1.54, 1.807) is 17.0 Å². The molecule has 1 aliphatic rings. The number of hydrogen-bond acceptors (Lipinski definition) is 3. The van der Waals surface area contributed by atoms with Crippen molar-refractivity contribution in [1.29, 1.82) is 5.26 Å². The van der Waals surface area contributed by atoms with Crippen LogP contribution in [0.25, 0.3) is 0 Å². The largest absolute Gasteiger partial charge is 0.465 e. The van der Waals surface area contributed by atoms with Crippen molar-refractivity contribution in [2.75, 3.05) is 19.6 Å². The molecule has 2 aromatic carbocycles. The highest BCUT2D eigenvalue weighted by Crippen LogP contribution is 2.18. The maximum atomic E-state index is 11.6. The highest BCUT2D eigenvalue weighted by molar-refractivity contribution is 5.65. The number of nitrogens with zero attached hydrogens (tertiary/aromatic N) is 3. The Bertz CT molecular complexity index is 753. The van der Waals surface area contributed by atoms with Crippen molar-refractivity contribution in [2.45, 2.75) is 19.0 Å². The van der Waals surface area contributed by atoms with Gasteiger partial charge in [-0.25, -0.2) is 4.79 Å². The summed E-state index contributed by atoms with van der Waals surface area (Å²) in [4.78, 5) is 15.4. The molecule has 0 saturated carbocycles. The van der Waals surface area contributed by atoms with Crippen molar-refractivity contribution in [3.8, 4) is 6.07 Å². The molecule has 1 aliphatic heterocycles. The first-order chi connectivity index (χ1) is 12.2. The van der Waals surface area contributed by atoms with Crippen molar-refractivity contribution >= 4 is 6.09 Å². The number of carbonyl (C=O) groups is 1. The highest BCUT2D eigenvalue weighted by Gasteiger charge is 2.30. The van der Waals surface area contributed by atoms with Gasteiger partial charge in [0.25, 0.3) is 0 Å². The monoisotopic (exact) mass is 335 g/mol. The summed E-state index contributed by atoms with van der Waals surface area (Å²) in [5, 5.41) is 18.4. The van der Waals surface area contributed by atoms with Gasteiger partial charge in [0.1, 0.15) is 0 Å². The van der Waals surface area contributed by atoms with Crippen LogP contribution in [0.4, 0.5) is 4.79 Å². The number of piperazine rings is 1. The van der Waals surface area contributed by atoms with Gasteiger partial charge in [0.05, 0.1) is 17.7 Å². The first-order valence-corrected chi connectivity index (χ1v) is 8.40. The quantitative estimate of drug-likeness (QED) is 0.933. The molecule has 1 heterocycles. The van der Waals surface area contributed by atoms with E-state index in [9.17, 15) is 9.90 Å². The van der Waals surface area contributed by atoms with Crippen molar-refractivity contribution in [1.82, 2.24) is 9.80 Å². The molecule has 0 spiro atoms.